The van der Waals surface area contributed by atoms with Crippen LogP contribution in [0.25, 0.3) is 17.4 Å². The first kappa shape index (κ1) is 27.8. The van der Waals surface area contributed by atoms with Crippen LogP contribution in [0.5, 0.6) is 5.75 Å². The quantitative estimate of drug-likeness (QED) is 0.169. The average Bonchev–Trinajstić information content (AvgIpc) is 3.52. The molecule has 1 aliphatic rings. The molecular formula is C30H27N3O7S. The van der Waals surface area contributed by atoms with Crippen molar-refractivity contribution in [3.8, 4) is 17.1 Å². The number of nitro groups is 1. The average molecular weight is 574 g/mol. The first-order valence-corrected chi connectivity index (χ1v) is 13.8. The van der Waals surface area contributed by atoms with Gasteiger partial charge in [0.15, 0.2) is 4.80 Å². The van der Waals surface area contributed by atoms with Gasteiger partial charge in [0.2, 0.25) is 0 Å². The van der Waals surface area contributed by atoms with E-state index in [4.69, 9.17) is 13.9 Å². The SMILES string of the molecule is CCOC(=O)C1=C(C)N=c2s/c(=C\c3ccc(-c4cccc([N+](=O)[O-])c4)o3)c(=O)n2[C@@H]1c1ccc(OC(C)C)cc1. The van der Waals surface area contributed by atoms with Gasteiger partial charge in [-0.15, -0.1) is 0 Å². The van der Waals surface area contributed by atoms with Gasteiger partial charge in [-0.1, -0.05) is 35.6 Å². The van der Waals surface area contributed by atoms with Crippen LogP contribution in [0.3, 0.4) is 0 Å². The molecule has 2 aromatic heterocycles. The lowest BCUT2D eigenvalue weighted by Gasteiger charge is -2.25. The van der Waals surface area contributed by atoms with E-state index in [9.17, 15) is 19.7 Å². The zero-order chi connectivity index (χ0) is 29.3. The van der Waals surface area contributed by atoms with Crippen LogP contribution in [0.1, 0.15) is 45.1 Å². The number of hydrogen-bond acceptors (Lipinski definition) is 9. The number of esters is 1. The third kappa shape index (κ3) is 5.62. The van der Waals surface area contributed by atoms with Gasteiger partial charge in [0.1, 0.15) is 17.3 Å². The third-order valence-corrected chi connectivity index (χ3v) is 7.31. The lowest BCUT2D eigenvalue weighted by atomic mass is 9.96. The number of furan rings is 1. The maximum atomic E-state index is 13.8. The Bertz CT molecular complexity index is 1850. The molecule has 0 unspecified atom stereocenters. The monoisotopic (exact) mass is 573 g/mol. The molecule has 41 heavy (non-hydrogen) atoms. The molecule has 0 radical (unpaired) electrons. The van der Waals surface area contributed by atoms with Crippen molar-refractivity contribution in [1.82, 2.24) is 4.57 Å². The van der Waals surface area contributed by atoms with Crippen molar-refractivity contribution in [2.75, 3.05) is 6.61 Å². The summed E-state index contributed by atoms with van der Waals surface area (Å²) in [6.07, 6.45) is 1.60. The highest BCUT2D eigenvalue weighted by atomic mass is 32.1. The molecule has 4 aromatic rings. The summed E-state index contributed by atoms with van der Waals surface area (Å²) in [6, 6.07) is 16.0. The Morgan fingerprint density at radius 2 is 1.95 bits per heavy atom. The van der Waals surface area contributed by atoms with Crippen molar-refractivity contribution < 1.29 is 23.6 Å². The summed E-state index contributed by atoms with van der Waals surface area (Å²) in [5.74, 6) is 0.953. The molecule has 5 rings (SSSR count). The number of hydrogen-bond donors (Lipinski definition) is 0. The predicted molar refractivity (Wildman–Crippen MR) is 153 cm³/mol. The van der Waals surface area contributed by atoms with E-state index in [0.29, 0.717) is 43.4 Å². The van der Waals surface area contributed by atoms with Crippen LogP contribution >= 0.6 is 11.3 Å². The number of aromatic nitrogens is 1. The Morgan fingerprint density at radius 3 is 2.63 bits per heavy atom. The maximum absolute atomic E-state index is 13.8. The fourth-order valence-corrected chi connectivity index (χ4v) is 5.62. The number of carbonyl (C=O) groups excluding carboxylic acids is 1. The van der Waals surface area contributed by atoms with Crippen LogP contribution in [0.15, 0.2) is 86.1 Å². The van der Waals surface area contributed by atoms with Crippen molar-refractivity contribution in [3.63, 3.8) is 0 Å². The zero-order valence-electron chi connectivity index (χ0n) is 22.8. The Labute approximate surface area is 238 Å². The topological polar surface area (TPSA) is 126 Å². The number of nitrogens with zero attached hydrogens (tertiary/aromatic N) is 3. The molecule has 0 N–H and O–H groups in total. The molecule has 10 nitrogen and oxygen atoms in total. The number of allylic oxidation sites excluding steroid dienone is 1. The van der Waals surface area contributed by atoms with Gasteiger partial charge in [-0.2, -0.15) is 0 Å². The molecule has 0 spiro atoms. The minimum atomic E-state index is -0.752. The minimum Gasteiger partial charge on any atom is -0.491 e. The predicted octanol–water partition coefficient (Wildman–Crippen LogP) is 4.75. The van der Waals surface area contributed by atoms with Crippen LogP contribution in [0.4, 0.5) is 5.69 Å². The van der Waals surface area contributed by atoms with Gasteiger partial charge in [-0.3, -0.25) is 19.5 Å². The number of carbonyl (C=O) groups is 1. The molecule has 0 amide bonds. The molecular weight excluding hydrogens is 546 g/mol. The summed E-state index contributed by atoms with van der Waals surface area (Å²) >= 11 is 1.18. The maximum Gasteiger partial charge on any atom is 0.338 e. The Hall–Kier alpha value is -4.77. The number of fused-ring (bicyclic) bond motifs is 1. The lowest BCUT2D eigenvalue weighted by molar-refractivity contribution is -0.384. The summed E-state index contributed by atoms with van der Waals surface area (Å²) < 4.78 is 18.9. The highest BCUT2D eigenvalue weighted by Crippen LogP contribution is 2.32. The number of non-ortho nitro benzene ring substituents is 1. The molecule has 2 aromatic carbocycles. The Balaban J connectivity index is 1.59. The first-order valence-electron chi connectivity index (χ1n) is 13.0. The smallest absolute Gasteiger partial charge is 0.338 e. The molecule has 0 fully saturated rings. The number of thiazole rings is 1. The van der Waals surface area contributed by atoms with Crippen LogP contribution in [-0.4, -0.2) is 28.2 Å². The molecule has 3 heterocycles. The van der Waals surface area contributed by atoms with Crippen molar-refractivity contribution in [2.45, 2.75) is 39.8 Å². The van der Waals surface area contributed by atoms with E-state index < -0.39 is 16.9 Å². The van der Waals surface area contributed by atoms with Crippen LogP contribution < -0.4 is 19.6 Å². The minimum absolute atomic E-state index is 0.00474. The zero-order valence-corrected chi connectivity index (χ0v) is 23.6. The van der Waals surface area contributed by atoms with E-state index in [1.165, 1.54) is 28.0 Å². The molecule has 0 bridgehead atoms. The van der Waals surface area contributed by atoms with Crippen LogP contribution in [-0.2, 0) is 9.53 Å². The molecule has 1 atom stereocenters. The fourth-order valence-electron chi connectivity index (χ4n) is 4.60. The molecule has 11 heteroatoms. The summed E-state index contributed by atoms with van der Waals surface area (Å²) in [7, 11) is 0. The van der Waals surface area contributed by atoms with E-state index in [2.05, 4.69) is 4.99 Å². The van der Waals surface area contributed by atoms with Gasteiger partial charge in [0, 0.05) is 23.8 Å². The molecule has 0 saturated carbocycles. The lowest BCUT2D eigenvalue weighted by Crippen LogP contribution is -2.39. The van der Waals surface area contributed by atoms with Crippen molar-refractivity contribution >= 4 is 29.1 Å². The van der Waals surface area contributed by atoms with Crippen LogP contribution in [0.2, 0.25) is 0 Å². The van der Waals surface area contributed by atoms with Crippen molar-refractivity contribution in [3.05, 3.63) is 113 Å². The Morgan fingerprint density at radius 1 is 1.20 bits per heavy atom. The third-order valence-electron chi connectivity index (χ3n) is 6.33. The number of rotatable bonds is 8. The van der Waals surface area contributed by atoms with E-state index in [0.717, 1.165) is 0 Å². The molecule has 0 saturated heterocycles. The van der Waals surface area contributed by atoms with Crippen LogP contribution in [0, 0.1) is 10.1 Å². The van der Waals surface area contributed by atoms with E-state index in [-0.39, 0.29) is 29.5 Å². The Kier molecular flexibility index (Phi) is 7.71. The van der Waals surface area contributed by atoms with Crippen molar-refractivity contribution in [2.24, 2.45) is 4.99 Å². The first-order chi connectivity index (χ1) is 19.7. The summed E-state index contributed by atoms with van der Waals surface area (Å²) in [4.78, 5) is 42.6. The van der Waals surface area contributed by atoms with Gasteiger partial charge < -0.3 is 13.9 Å². The molecule has 1 aliphatic heterocycles. The second-order valence-electron chi connectivity index (χ2n) is 9.55. The van der Waals surface area contributed by atoms with E-state index >= 15 is 0 Å². The second-order valence-corrected chi connectivity index (χ2v) is 10.6. The largest absolute Gasteiger partial charge is 0.491 e. The van der Waals surface area contributed by atoms with Gasteiger partial charge in [-0.05, 0) is 57.5 Å². The van der Waals surface area contributed by atoms with Gasteiger partial charge in [0.25, 0.3) is 11.2 Å². The fraction of sp³-hybridized carbons (Fsp3) is 0.233. The number of nitro benzene ring substituents is 1. The van der Waals surface area contributed by atoms with Gasteiger partial charge in [-0.25, -0.2) is 9.79 Å². The van der Waals surface area contributed by atoms with Gasteiger partial charge >= 0.3 is 5.97 Å². The second kappa shape index (κ2) is 11.4. The number of ether oxygens (including phenoxy) is 2. The molecule has 210 valence electrons. The highest BCUT2D eigenvalue weighted by molar-refractivity contribution is 7.07. The highest BCUT2D eigenvalue weighted by Gasteiger charge is 2.33. The van der Waals surface area contributed by atoms with E-state index in [1.807, 2.05) is 38.1 Å². The van der Waals surface area contributed by atoms with E-state index in [1.54, 1.807) is 44.2 Å². The summed E-state index contributed by atoms with van der Waals surface area (Å²) in [5, 5.41) is 11.2. The van der Waals surface area contributed by atoms with Gasteiger partial charge in [0.05, 0.1) is 39.5 Å². The summed E-state index contributed by atoms with van der Waals surface area (Å²) in [6.45, 7) is 7.50. The summed E-state index contributed by atoms with van der Waals surface area (Å²) in [5.41, 5.74) is 1.61. The molecule has 0 aliphatic carbocycles. The standard InChI is InChI=1S/C30H27N3O7S/c1-5-38-29(35)26-18(4)31-30-32(27(26)19-9-11-22(12-10-19)39-17(2)3)28(34)25(41-30)16-23-13-14-24(40-23)20-7-6-8-21(15-20)33(36)37/h6-17,27H,5H2,1-4H3/b25-16-/t27-/m1/s1. The van der Waals surface area contributed by atoms with Crippen molar-refractivity contribution in [1.29, 1.82) is 0 Å². The normalized spacial score (nSPS) is 15.0. The number of benzene rings is 2.